The Balaban J connectivity index is 2.21. The van der Waals surface area contributed by atoms with Gasteiger partial charge in [-0.05, 0) is 11.6 Å². The first kappa shape index (κ1) is 14.5. The number of carbonyl (C=O) groups is 2. The van der Waals surface area contributed by atoms with Crippen molar-refractivity contribution in [1.29, 1.82) is 0 Å². The van der Waals surface area contributed by atoms with E-state index in [4.69, 9.17) is 0 Å². The van der Waals surface area contributed by atoms with E-state index in [-0.39, 0.29) is 18.1 Å². The Morgan fingerprint density at radius 3 is 2.72 bits per heavy atom. The van der Waals surface area contributed by atoms with Crippen LogP contribution >= 0.6 is 11.8 Å². The monoisotopic (exact) mass is 270 g/mol. The molecule has 4 nitrogen and oxygen atoms in total. The standard InChI is InChI=1S/C12H15FN2O2S/c1-14-12(17)15-11(16)6-7-18-8-9-4-2-3-5-10(9)13/h2-5H,6-8H2,1H3,(H2,14,15,16,17). The van der Waals surface area contributed by atoms with Gasteiger partial charge in [-0.25, -0.2) is 9.18 Å². The molecule has 0 atom stereocenters. The number of halogens is 1. The van der Waals surface area contributed by atoms with E-state index in [9.17, 15) is 14.0 Å². The van der Waals surface area contributed by atoms with E-state index in [1.54, 1.807) is 18.2 Å². The number of amides is 3. The zero-order valence-corrected chi connectivity index (χ0v) is 10.8. The van der Waals surface area contributed by atoms with Crippen molar-refractivity contribution in [2.24, 2.45) is 0 Å². The zero-order valence-electron chi connectivity index (χ0n) is 10.0. The normalized spacial score (nSPS) is 9.89. The molecule has 0 fully saturated rings. The van der Waals surface area contributed by atoms with Gasteiger partial charge in [0.2, 0.25) is 5.91 Å². The van der Waals surface area contributed by atoms with Gasteiger partial charge in [0.25, 0.3) is 0 Å². The van der Waals surface area contributed by atoms with Crippen LogP contribution in [0, 0.1) is 5.82 Å². The lowest BCUT2D eigenvalue weighted by molar-refractivity contribution is -0.119. The van der Waals surface area contributed by atoms with E-state index < -0.39 is 6.03 Å². The molecule has 0 aliphatic rings. The zero-order chi connectivity index (χ0) is 13.4. The highest BCUT2D eigenvalue weighted by Gasteiger charge is 2.06. The van der Waals surface area contributed by atoms with Crippen molar-refractivity contribution in [3.63, 3.8) is 0 Å². The van der Waals surface area contributed by atoms with E-state index in [2.05, 4.69) is 10.6 Å². The number of nitrogens with one attached hydrogen (secondary N) is 2. The summed E-state index contributed by atoms with van der Waals surface area (Å²) in [6, 6.07) is 6.03. The van der Waals surface area contributed by atoms with Crippen molar-refractivity contribution in [3.8, 4) is 0 Å². The molecule has 98 valence electrons. The molecule has 0 unspecified atom stereocenters. The van der Waals surface area contributed by atoms with E-state index in [0.29, 0.717) is 17.1 Å². The van der Waals surface area contributed by atoms with E-state index >= 15 is 0 Å². The predicted octanol–water partition coefficient (Wildman–Crippen LogP) is 1.90. The Morgan fingerprint density at radius 2 is 2.06 bits per heavy atom. The molecule has 1 rings (SSSR count). The van der Waals surface area contributed by atoms with Gasteiger partial charge in [-0.2, -0.15) is 11.8 Å². The molecule has 0 aromatic heterocycles. The Hall–Kier alpha value is -1.56. The third-order valence-corrected chi connectivity index (χ3v) is 3.18. The maximum Gasteiger partial charge on any atom is 0.321 e. The van der Waals surface area contributed by atoms with Crippen molar-refractivity contribution in [2.75, 3.05) is 12.8 Å². The van der Waals surface area contributed by atoms with Gasteiger partial charge < -0.3 is 5.32 Å². The van der Waals surface area contributed by atoms with Crippen molar-refractivity contribution >= 4 is 23.7 Å². The minimum Gasteiger partial charge on any atom is -0.341 e. The van der Waals surface area contributed by atoms with E-state index in [1.165, 1.54) is 24.9 Å². The molecule has 1 aromatic carbocycles. The lowest BCUT2D eigenvalue weighted by Crippen LogP contribution is -2.37. The summed E-state index contributed by atoms with van der Waals surface area (Å²) in [7, 11) is 1.44. The van der Waals surface area contributed by atoms with Crippen LogP contribution < -0.4 is 10.6 Å². The third-order valence-electron chi connectivity index (χ3n) is 2.17. The highest BCUT2D eigenvalue weighted by Crippen LogP contribution is 2.15. The van der Waals surface area contributed by atoms with Gasteiger partial charge in [0.1, 0.15) is 5.82 Å². The van der Waals surface area contributed by atoms with Crippen LogP contribution in [0.15, 0.2) is 24.3 Å². The Labute approximate surface area is 109 Å². The Morgan fingerprint density at radius 1 is 1.33 bits per heavy atom. The molecule has 0 spiro atoms. The Kier molecular flexibility index (Phi) is 6.21. The summed E-state index contributed by atoms with van der Waals surface area (Å²) >= 11 is 1.45. The molecule has 1 aromatic rings. The number of benzene rings is 1. The number of hydrogen-bond donors (Lipinski definition) is 2. The fraction of sp³-hybridized carbons (Fsp3) is 0.333. The number of hydrogen-bond acceptors (Lipinski definition) is 3. The minimum atomic E-state index is -0.515. The molecule has 18 heavy (non-hydrogen) atoms. The van der Waals surface area contributed by atoms with Gasteiger partial charge in [-0.15, -0.1) is 0 Å². The summed E-state index contributed by atoms with van der Waals surface area (Å²) in [6.45, 7) is 0. The number of thioether (sulfide) groups is 1. The van der Waals surface area contributed by atoms with Crippen LogP contribution in [0.2, 0.25) is 0 Å². The maximum atomic E-state index is 13.2. The van der Waals surface area contributed by atoms with Crippen LogP contribution in [0.1, 0.15) is 12.0 Å². The molecule has 0 aliphatic heterocycles. The lowest BCUT2D eigenvalue weighted by Gasteiger charge is -2.04. The summed E-state index contributed by atoms with van der Waals surface area (Å²) < 4.78 is 13.2. The minimum absolute atomic E-state index is 0.229. The fourth-order valence-electron chi connectivity index (χ4n) is 1.21. The summed E-state index contributed by atoms with van der Waals surface area (Å²) in [4.78, 5) is 22.1. The molecule has 2 N–H and O–H groups in total. The number of urea groups is 1. The average molecular weight is 270 g/mol. The van der Waals surface area contributed by atoms with Crippen molar-refractivity contribution in [2.45, 2.75) is 12.2 Å². The van der Waals surface area contributed by atoms with Crippen LogP contribution in [-0.4, -0.2) is 24.7 Å². The molecule has 0 saturated heterocycles. The molecule has 0 bridgehead atoms. The van der Waals surface area contributed by atoms with Gasteiger partial charge in [-0.1, -0.05) is 18.2 Å². The molecular formula is C12H15FN2O2S. The van der Waals surface area contributed by atoms with Gasteiger partial charge in [0.05, 0.1) is 0 Å². The van der Waals surface area contributed by atoms with Crippen molar-refractivity contribution < 1.29 is 14.0 Å². The van der Waals surface area contributed by atoms with Crippen LogP contribution in [-0.2, 0) is 10.5 Å². The van der Waals surface area contributed by atoms with Gasteiger partial charge >= 0.3 is 6.03 Å². The van der Waals surface area contributed by atoms with Crippen LogP contribution in [0.3, 0.4) is 0 Å². The molecular weight excluding hydrogens is 255 g/mol. The second kappa shape index (κ2) is 7.71. The fourth-order valence-corrected chi connectivity index (χ4v) is 2.14. The summed E-state index contributed by atoms with van der Waals surface area (Å²) in [5, 5.41) is 4.46. The Bertz CT molecular complexity index is 426. The first-order valence-corrected chi connectivity index (χ1v) is 6.61. The lowest BCUT2D eigenvalue weighted by atomic mass is 10.2. The highest BCUT2D eigenvalue weighted by molar-refractivity contribution is 7.98. The van der Waals surface area contributed by atoms with Gasteiger partial charge in [0, 0.05) is 25.0 Å². The third kappa shape index (κ3) is 5.18. The van der Waals surface area contributed by atoms with E-state index in [1.807, 2.05) is 0 Å². The maximum absolute atomic E-state index is 13.2. The van der Waals surface area contributed by atoms with Crippen molar-refractivity contribution in [3.05, 3.63) is 35.6 Å². The van der Waals surface area contributed by atoms with Crippen LogP contribution in [0.4, 0.5) is 9.18 Å². The number of carbonyl (C=O) groups excluding carboxylic acids is 2. The first-order chi connectivity index (χ1) is 8.63. The molecule has 0 aliphatic carbocycles. The largest absolute Gasteiger partial charge is 0.341 e. The summed E-state index contributed by atoms with van der Waals surface area (Å²) in [5.41, 5.74) is 0.620. The smallest absolute Gasteiger partial charge is 0.321 e. The summed E-state index contributed by atoms with van der Waals surface area (Å²) in [6.07, 6.45) is 0.229. The second-order valence-corrected chi connectivity index (χ2v) is 4.63. The topological polar surface area (TPSA) is 58.2 Å². The molecule has 0 heterocycles. The average Bonchev–Trinajstić information content (AvgIpc) is 2.36. The van der Waals surface area contributed by atoms with E-state index in [0.717, 1.165) is 0 Å². The van der Waals surface area contributed by atoms with Gasteiger partial charge in [-0.3, -0.25) is 10.1 Å². The number of rotatable bonds is 5. The second-order valence-electron chi connectivity index (χ2n) is 3.52. The molecule has 3 amide bonds. The van der Waals surface area contributed by atoms with Gasteiger partial charge in [0.15, 0.2) is 0 Å². The van der Waals surface area contributed by atoms with Crippen molar-refractivity contribution in [1.82, 2.24) is 10.6 Å². The SMILES string of the molecule is CNC(=O)NC(=O)CCSCc1ccccc1F. The number of imide groups is 1. The van der Waals surface area contributed by atoms with Crippen LogP contribution in [0.25, 0.3) is 0 Å². The highest BCUT2D eigenvalue weighted by atomic mass is 32.2. The predicted molar refractivity (Wildman–Crippen MR) is 69.8 cm³/mol. The van der Waals surface area contributed by atoms with Crippen LogP contribution in [0.5, 0.6) is 0 Å². The first-order valence-electron chi connectivity index (χ1n) is 5.46. The molecule has 0 saturated carbocycles. The summed E-state index contributed by atoms with van der Waals surface area (Å²) in [5.74, 6) is 0.479. The molecule has 0 radical (unpaired) electrons. The molecule has 6 heteroatoms. The quantitative estimate of drug-likeness (QED) is 0.803.